The Bertz CT molecular complexity index is 810. The zero-order valence-corrected chi connectivity index (χ0v) is 16.3. The molecule has 3 heteroatoms. The molecular weight excluding hydrogens is 374 g/mol. The molecule has 1 heterocycles. The zero-order chi connectivity index (χ0) is 17.6. The molecular formula is C22H24BrNO. The maximum Gasteiger partial charge on any atom is 0.134 e. The fourth-order valence-corrected chi connectivity index (χ4v) is 3.08. The third-order valence-electron chi connectivity index (χ3n) is 4.44. The van der Waals surface area contributed by atoms with E-state index >= 15 is 0 Å². The molecule has 0 aliphatic heterocycles. The van der Waals surface area contributed by atoms with Gasteiger partial charge in [-0.2, -0.15) is 0 Å². The molecule has 3 aromatic rings. The van der Waals surface area contributed by atoms with E-state index in [1.165, 1.54) is 11.1 Å². The topological polar surface area (TPSA) is 25.2 Å². The van der Waals surface area contributed by atoms with Crippen molar-refractivity contribution in [3.63, 3.8) is 0 Å². The maximum absolute atomic E-state index is 6.00. The van der Waals surface area contributed by atoms with E-state index in [0.29, 0.717) is 6.04 Å². The van der Waals surface area contributed by atoms with Gasteiger partial charge in [-0.25, -0.2) is 0 Å². The Kier molecular flexibility index (Phi) is 6.11. The Morgan fingerprint density at radius 3 is 2.60 bits per heavy atom. The number of nitrogens with one attached hydrogen (secondary N) is 1. The van der Waals surface area contributed by atoms with Crippen molar-refractivity contribution in [2.45, 2.75) is 39.3 Å². The molecule has 1 atom stereocenters. The van der Waals surface area contributed by atoms with E-state index in [1.54, 1.807) is 0 Å². The molecule has 0 aliphatic carbocycles. The summed E-state index contributed by atoms with van der Waals surface area (Å²) < 4.78 is 7.12. The van der Waals surface area contributed by atoms with E-state index in [-0.39, 0.29) is 0 Å². The largest absolute Gasteiger partial charge is 0.460 e. The van der Waals surface area contributed by atoms with Crippen LogP contribution in [0.4, 0.5) is 0 Å². The monoisotopic (exact) mass is 397 g/mol. The summed E-state index contributed by atoms with van der Waals surface area (Å²) >= 11 is 3.54. The van der Waals surface area contributed by atoms with Crippen molar-refractivity contribution in [1.82, 2.24) is 5.32 Å². The highest BCUT2D eigenvalue weighted by atomic mass is 79.9. The minimum atomic E-state index is 0.448. The molecule has 2 aromatic carbocycles. The van der Waals surface area contributed by atoms with Crippen LogP contribution in [-0.4, -0.2) is 6.04 Å². The highest BCUT2D eigenvalue weighted by molar-refractivity contribution is 9.10. The Hall–Kier alpha value is -1.84. The van der Waals surface area contributed by atoms with E-state index in [4.69, 9.17) is 4.42 Å². The first-order chi connectivity index (χ1) is 12.1. The minimum Gasteiger partial charge on any atom is -0.460 e. The quantitative estimate of drug-likeness (QED) is 0.518. The summed E-state index contributed by atoms with van der Waals surface area (Å²) in [4.78, 5) is 0. The molecule has 1 N–H and O–H groups in total. The fourth-order valence-electron chi connectivity index (χ4n) is 2.83. The standard InChI is InChI=1S/C22H24BrNO/c1-16-14-19(10-12-21(16)23)22-13-11-20(25-22)15-24-17(2)8-9-18-6-4-3-5-7-18/h3-7,10-14,17,24H,8-9,15H2,1-2H3/t17-/m1/s1. The van der Waals surface area contributed by atoms with Crippen molar-refractivity contribution in [2.75, 3.05) is 0 Å². The van der Waals surface area contributed by atoms with Gasteiger partial charge in [-0.15, -0.1) is 0 Å². The van der Waals surface area contributed by atoms with Crippen LogP contribution in [0.1, 0.15) is 30.2 Å². The van der Waals surface area contributed by atoms with Crippen LogP contribution < -0.4 is 5.32 Å². The van der Waals surface area contributed by atoms with Crippen LogP contribution in [0, 0.1) is 6.92 Å². The number of hydrogen-bond acceptors (Lipinski definition) is 2. The normalized spacial score (nSPS) is 12.3. The third kappa shape index (κ3) is 5.07. The molecule has 2 nitrogen and oxygen atoms in total. The number of rotatable bonds is 7. The Morgan fingerprint density at radius 1 is 1.04 bits per heavy atom. The summed E-state index contributed by atoms with van der Waals surface area (Å²) in [6.07, 6.45) is 2.21. The van der Waals surface area contributed by atoms with Gasteiger partial charge in [0.25, 0.3) is 0 Å². The second-order valence-corrected chi connectivity index (χ2v) is 7.39. The summed E-state index contributed by atoms with van der Waals surface area (Å²) in [5.41, 5.74) is 3.72. The van der Waals surface area contributed by atoms with E-state index in [9.17, 15) is 0 Å². The van der Waals surface area contributed by atoms with Crippen LogP contribution >= 0.6 is 15.9 Å². The van der Waals surface area contributed by atoms with E-state index in [2.05, 4.69) is 89.7 Å². The van der Waals surface area contributed by atoms with Gasteiger partial charge in [0.2, 0.25) is 0 Å². The van der Waals surface area contributed by atoms with Gasteiger partial charge in [0.1, 0.15) is 11.5 Å². The number of aryl methyl sites for hydroxylation is 2. The van der Waals surface area contributed by atoms with Gasteiger partial charge in [-0.05, 0) is 62.1 Å². The Balaban J connectivity index is 1.52. The summed E-state index contributed by atoms with van der Waals surface area (Å²) in [7, 11) is 0. The third-order valence-corrected chi connectivity index (χ3v) is 5.33. The molecule has 3 rings (SSSR count). The summed E-state index contributed by atoms with van der Waals surface area (Å²) in [5.74, 6) is 1.89. The van der Waals surface area contributed by atoms with Gasteiger partial charge in [0.15, 0.2) is 0 Å². The molecule has 0 saturated heterocycles. The first-order valence-corrected chi connectivity index (χ1v) is 9.53. The summed E-state index contributed by atoms with van der Waals surface area (Å²) in [6.45, 7) is 5.07. The van der Waals surface area contributed by atoms with Crippen molar-refractivity contribution in [3.8, 4) is 11.3 Å². The van der Waals surface area contributed by atoms with Crippen LogP contribution in [0.2, 0.25) is 0 Å². The molecule has 0 fully saturated rings. The van der Waals surface area contributed by atoms with Gasteiger partial charge in [0.05, 0.1) is 6.54 Å². The molecule has 0 bridgehead atoms. The van der Waals surface area contributed by atoms with Gasteiger partial charge in [0, 0.05) is 16.1 Å². The fraction of sp³-hybridized carbons (Fsp3) is 0.273. The van der Waals surface area contributed by atoms with Crippen molar-refractivity contribution < 1.29 is 4.42 Å². The lowest BCUT2D eigenvalue weighted by Crippen LogP contribution is -2.25. The highest BCUT2D eigenvalue weighted by Gasteiger charge is 2.08. The second-order valence-electron chi connectivity index (χ2n) is 6.54. The van der Waals surface area contributed by atoms with Crippen molar-refractivity contribution >= 4 is 15.9 Å². The lowest BCUT2D eigenvalue weighted by Gasteiger charge is -2.12. The number of furan rings is 1. The lowest BCUT2D eigenvalue weighted by molar-refractivity contribution is 0.449. The molecule has 130 valence electrons. The predicted octanol–water partition coefficient (Wildman–Crippen LogP) is 6.13. The van der Waals surface area contributed by atoms with E-state index < -0.39 is 0 Å². The highest BCUT2D eigenvalue weighted by Crippen LogP contribution is 2.26. The van der Waals surface area contributed by atoms with Crippen molar-refractivity contribution in [3.05, 3.63) is 82.0 Å². The molecule has 0 spiro atoms. The molecule has 0 saturated carbocycles. The van der Waals surface area contributed by atoms with Crippen molar-refractivity contribution in [1.29, 1.82) is 0 Å². The van der Waals surface area contributed by atoms with Gasteiger partial charge >= 0.3 is 0 Å². The number of benzene rings is 2. The lowest BCUT2D eigenvalue weighted by atomic mass is 10.1. The van der Waals surface area contributed by atoms with Gasteiger partial charge in [-0.1, -0.05) is 52.3 Å². The molecule has 0 unspecified atom stereocenters. The SMILES string of the molecule is Cc1cc(-c2ccc(CN[C@H](C)CCc3ccccc3)o2)ccc1Br. The van der Waals surface area contributed by atoms with Crippen LogP contribution in [0.3, 0.4) is 0 Å². The van der Waals surface area contributed by atoms with Crippen LogP contribution in [0.5, 0.6) is 0 Å². The smallest absolute Gasteiger partial charge is 0.134 e. The Morgan fingerprint density at radius 2 is 1.84 bits per heavy atom. The van der Waals surface area contributed by atoms with Gasteiger partial charge in [-0.3, -0.25) is 0 Å². The first kappa shape index (κ1) is 18.0. The molecule has 1 aromatic heterocycles. The average Bonchev–Trinajstić information content (AvgIpc) is 3.10. The average molecular weight is 398 g/mol. The van der Waals surface area contributed by atoms with Crippen LogP contribution in [0.15, 0.2) is 69.6 Å². The number of hydrogen-bond donors (Lipinski definition) is 1. The zero-order valence-electron chi connectivity index (χ0n) is 14.8. The second kappa shape index (κ2) is 8.50. The first-order valence-electron chi connectivity index (χ1n) is 8.74. The summed E-state index contributed by atoms with van der Waals surface area (Å²) in [6, 6.07) is 21.5. The van der Waals surface area contributed by atoms with Crippen LogP contribution in [-0.2, 0) is 13.0 Å². The van der Waals surface area contributed by atoms with E-state index in [1.807, 2.05) is 6.07 Å². The molecule has 0 aliphatic rings. The predicted molar refractivity (Wildman–Crippen MR) is 108 cm³/mol. The summed E-state index contributed by atoms with van der Waals surface area (Å²) in [5, 5.41) is 3.55. The molecule has 0 amide bonds. The minimum absolute atomic E-state index is 0.448. The van der Waals surface area contributed by atoms with Crippen molar-refractivity contribution in [2.24, 2.45) is 0 Å². The number of halogens is 1. The van der Waals surface area contributed by atoms with Gasteiger partial charge < -0.3 is 9.73 Å². The maximum atomic E-state index is 6.00. The van der Waals surface area contributed by atoms with E-state index in [0.717, 1.165) is 40.9 Å². The Labute approximate surface area is 158 Å². The molecule has 0 radical (unpaired) electrons. The molecule has 25 heavy (non-hydrogen) atoms. The van der Waals surface area contributed by atoms with Crippen LogP contribution in [0.25, 0.3) is 11.3 Å².